The van der Waals surface area contributed by atoms with Crippen molar-refractivity contribution in [2.45, 2.75) is 20.4 Å². The highest BCUT2D eigenvalue weighted by molar-refractivity contribution is 5.92. The zero-order valence-electron chi connectivity index (χ0n) is 11.5. The van der Waals surface area contributed by atoms with E-state index in [0.717, 1.165) is 16.9 Å². The lowest BCUT2D eigenvalue weighted by Crippen LogP contribution is -2.22. The van der Waals surface area contributed by atoms with Crippen molar-refractivity contribution in [3.63, 3.8) is 0 Å². The third-order valence-corrected chi connectivity index (χ3v) is 3.05. The van der Waals surface area contributed by atoms with E-state index in [-0.39, 0.29) is 0 Å². The lowest BCUT2D eigenvalue weighted by atomic mass is 10.2. The quantitative estimate of drug-likeness (QED) is 0.652. The van der Waals surface area contributed by atoms with Gasteiger partial charge >= 0.3 is 0 Å². The zero-order chi connectivity index (χ0) is 13.8. The third-order valence-electron chi connectivity index (χ3n) is 3.05. The number of aromatic nitrogens is 2. The summed E-state index contributed by atoms with van der Waals surface area (Å²) in [6.45, 7) is 4.59. The van der Waals surface area contributed by atoms with Gasteiger partial charge in [0.15, 0.2) is 5.96 Å². The Morgan fingerprint density at radius 2 is 2.21 bits per heavy atom. The summed E-state index contributed by atoms with van der Waals surface area (Å²) in [6, 6.07) is 8.01. The van der Waals surface area contributed by atoms with Crippen molar-refractivity contribution in [2.75, 3.05) is 5.32 Å². The molecule has 0 aliphatic rings. The van der Waals surface area contributed by atoms with Gasteiger partial charge in [-0.05, 0) is 31.5 Å². The van der Waals surface area contributed by atoms with E-state index in [1.165, 1.54) is 5.56 Å². The van der Waals surface area contributed by atoms with Gasteiger partial charge in [0, 0.05) is 24.0 Å². The summed E-state index contributed by atoms with van der Waals surface area (Å²) in [5, 5.41) is 7.26. The first-order valence-corrected chi connectivity index (χ1v) is 6.17. The van der Waals surface area contributed by atoms with Crippen LogP contribution in [-0.2, 0) is 13.6 Å². The van der Waals surface area contributed by atoms with Crippen LogP contribution in [0.3, 0.4) is 0 Å². The van der Waals surface area contributed by atoms with Gasteiger partial charge in [-0.1, -0.05) is 12.1 Å². The molecule has 19 heavy (non-hydrogen) atoms. The first-order valence-electron chi connectivity index (χ1n) is 6.17. The van der Waals surface area contributed by atoms with Gasteiger partial charge in [-0.25, -0.2) is 4.99 Å². The van der Waals surface area contributed by atoms with Crippen molar-refractivity contribution in [1.29, 1.82) is 0 Å². The third kappa shape index (κ3) is 3.34. The number of nitrogens with one attached hydrogen (secondary N) is 1. The van der Waals surface area contributed by atoms with Crippen LogP contribution in [0.4, 0.5) is 5.69 Å². The second-order valence-corrected chi connectivity index (χ2v) is 4.57. The summed E-state index contributed by atoms with van der Waals surface area (Å²) in [6.07, 6.45) is 1.82. The minimum atomic E-state index is 0.411. The van der Waals surface area contributed by atoms with E-state index >= 15 is 0 Å². The van der Waals surface area contributed by atoms with E-state index in [2.05, 4.69) is 15.4 Å². The van der Waals surface area contributed by atoms with Crippen molar-refractivity contribution >= 4 is 11.6 Å². The molecule has 0 saturated carbocycles. The fourth-order valence-electron chi connectivity index (χ4n) is 1.78. The molecule has 0 amide bonds. The SMILES string of the molecule is Cc1cccc(NC(N)=NCc2cnn(C)c2C)c1. The van der Waals surface area contributed by atoms with Gasteiger partial charge in [0.25, 0.3) is 0 Å². The minimum absolute atomic E-state index is 0.411. The van der Waals surface area contributed by atoms with E-state index in [1.807, 2.05) is 56.0 Å². The number of hydrogen-bond acceptors (Lipinski definition) is 2. The molecule has 2 aromatic rings. The van der Waals surface area contributed by atoms with Gasteiger partial charge in [-0.2, -0.15) is 5.10 Å². The van der Waals surface area contributed by atoms with Gasteiger partial charge < -0.3 is 11.1 Å². The molecule has 0 radical (unpaired) electrons. The molecule has 0 saturated heterocycles. The minimum Gasteiger partial charge on any atom is -0.370 e. The molecule has 0 spiro atoms. The highest BCUT2D eigenvalue weighted by Crippen LogP contribution is 2.10. The van der Waals surface area contributed by atoms with Crippen LogP contribution in [0.15, 0.2) is 35.5 Å². The molecule has 100 valence electrons. The van der Waals surface area contributed by atoms with Crippen molar-refractivity contribution in [3.05, 3.63) is 47.3 Å². The van der Waals surface area contributed by atoms with Gasteiger partial charge in [-0.15, -0.1) is 0 Å². The van der Waals surface area contributed by atoms with Gasteiger partial charge in [-0.3, -0.25) is 4.68 Å². The van der Waals surface area contributed by atoms with Crippen molar-refractivity contribution in [2.24, 2.45) is 17.8 Å². The monoisotopic (exact) mass is 257 g/mol. The smallest absolute Gasteiger partial charge is 0.193 e. The molecule has 5 nitrogen and oxygen atoms in total. The maximum absolute atomic E-state index is 5.87. The molecular formula is C14H19N5. The van der Waals surface area contributed by atoms with E-state index in [9.17, 15) is 0 Å². The maximum atomic E-state index is 5.87. The standard InChI is InChI=1S/C14H19N5/c1-10-5-4-6-13(7-10)18-14(15)16-8-12-9-17-19(3)11(12)2/h4-7,9H,8H2,1-3H3,(H3,15,16,18). The summed E-state index contributed by atoms with van der Waals surface area (Å²) >= 11 is 0. The maximum Gasteiger partial charge on any atom is 0.193 e. The van der Waals surface area contributed by atoms with Crippen LogP contribution in [0.25, 0.3) is 0 Å². The Balaban J connectivity index is 2.02. The highest BCUT2D eigenvalue weighted by atomic mass is 15.3. The Hall–Kier alpha value is -2.30. The molecule has 0 aliphatic carbocycles. The predicted octanol–water partition coefficient (Wildman–Crippen LogP) is 1.96. The second kappa shape index (κ2) is 5.56. The molecule has 1 heterocycles. The van der Waals surface area contributed by atoms with Crippen LogP contribution in [0.1, 0.15) is 16.8 Å². The van der Waals surface area contributed by atoms with Crippen molar-refractivity contribution in [3.8, 4) is 0 Å². The van der Waals surface area contributed by atoms with Crippen LogP contribution < -0.4 is 11.1 Å². The summed E-state index contributed by atoms with van der Waals surface area (Å²) < 4.78 is 1.83. The number of aliphatic imine (C=N–C) groups is 1. The van der Waals surface area contributed by atoms with Crippen LogP contribution in [0, 0.1) is 13.8 Å². The number of guanidine groups is 1. The molecule has 0 aliphatic heterocycles. The Morgan fingerprint density at radius 1 is 1.42 bits per heavy atom. The summed E-state index contributed by atoms with van der Waals surface area (Å²) in [4.78, 5) is 4.32. The Bertz CT molecular complexity index is 598. The molecule has 1 aromatic heterocycles. The average molecular weight is 257 g/mol. The molecular weight excluding hydrogens is 238 g/mol. The molecule has 0 fully saturated rings. The van der Waals surface area contributed by atoms with E-state index in [4.69, 9.17) is 5.73 Å². The summed E-state index contributed by atoms with van der Waals surface area (Å²) in [5.41, 5.74) is 10.2. The van der Waals surface area contributed by atoms with Gasteiger partial charge in [0.1, 0.15) is 0 Å². The fourth-order valence-corrected chi connectivity index (χ4v) is 1.78. The van der Waals surface area contributed by atoms with Crippen molar-refractivity contribution in [1.82, 2.24) is 9.78 Å². The van der Waals surface area contributed by atoms with E-state index in [0.29, 0.717) is 12.5 Å². The number of rotatable bonds is 3. The normalized spacial score (nSPS) is 11.6. The fraction of sp³-hybridized carbons (Fsp3) is 0.286. The first kappa shape index (κ1) is 13.1. The topological polar surface area (TPSA) is 68.2 Å². The molecule has 1 aromatic carbocycles. The highest BCUT2D eigenvalue weighted by Gasteiger charge is 2.02. The number of aryl methyl sites for hydroxylation is 2. The molecule has 0 atom stereocenters. The van der Waals surface area contributed by atoms with Gasteiger partial charge in [0.05, 0.1) is 12.7 Å². The van der Waals surface area contributed by atoms with Crippen LogP contribution >= 0.6 is 0 Å². The number of anilines is 1. The number of nitrogens with zero attached hydrogens (tertiary/aromatic N) is 3. The number of benzene rings is 1. The Morgan fingerprint density at radius 3 is 2.84 bits per heavy atom. The zero-order valence-corrected chi connectivity index (χ0v) is 11.5. The molecule has 0 unspecified atom stereocenters. The predicted molar refractivity (Wildman–Crippen MR) is 78.1 cm³/mol. The lowest BCUT2D eigenvalue weighted by Gasteiger charge is -2.06. The summed E-state index contributed by atoms with van der Waals surface area (Å²) in [7, 11) is 1.91. The van der Waals surface area contributed by atoms with E-state index in [1.54, 1.807) is 0 Å². The number of hydrogen-bond donors (Lipinski definition) is 2. The Labute approximate surface area is 113 Å². The summed E-state index contributed by atoms with van der Waals surface area (Å²) in [5.74, 6) is 0.411. The van der Waals surface area contributed by atoms with Crippen molar-refractivity contribution < 1.29 is 0 Å². The first-order chi connectivity index (χ1) is 9.06. The molecule has 3 N–H and O–H groups in total. The molecule has 2 rings (SSSR count). The second-order valence-electron chi connectivity index (χ2n) is 4.57. The van der Waals surface area contributed by atoms with Crippen LogP contribution in [-0.4, -0.2) is 15.7 Å². The van der Waals surface area contributed by atoms with Crippen LogP contribution in [0.5, 0.6) is 0 Å². The molecule has 0 bridgehead atoms. The largest absolute Gasteiger partial charge is 0.370 e. The lowest BCUT2D eigenvalue weighted by molar-refractivity contribution is 0.737. The number of nitrogens with two attached hydrogens (primary N) is 1. The van der Waals surface area contributed by atoms with Crippen LogP contribution in [0.2, 0.25) is 0 Å². The van der Waals surface area contributed by atoms with E-state index < -0.39 is 0 Å². The average Bonchev–Trinajstić information content (AvgIpc) is 2.68. The van der Waals surface area contributed by atoms with Gasteiger partial charge in [0.2, 0.25) is 0 Å². The Kier molecular flexibility index (Phi) is 3.85. The molecule has 5 heteroatoms.